The van der Waals surface area contributed by atoms with Gasteiger partial charge in [0.1, 0.15) is 11.2 Å². The highest BCUT2D eigenvalue weighted by molar-refractivity contribution is 9.10. The normalized spacial score (nSPS) is 16.7. The lowest BCUT2D eigenvalue weighted by Crippen LogP contribution is -2.28. The minimum absolute atomic E-state index is 0.0415. The highest BCUT2D eigenvalue weighted by Crippen LogP contribution is 2.31. The number of para-hydroxylation sites is 1. The fraction of sp³-hybridized carbons (Fsp3) is 0.130. The van der Waals surface area contributed by atoms with Crippen LogP contribution in [-0.4, -0.2) is 18.4 Å². The molecule has 1 atom stereocenters. The third-order valence-corrected chi connectivity index (χ3v) is 5.81. The Labute approximate surface area is 175 Å². The second kappa shape index (κ2) is 7.04. The summed E-state index contributed by atoms with van der Waals surface area (Å²) in [6, 6.07) is 21.0. The summed E-state index contributed by atoms with van der Waals surface area (Å²) >= 11 is 3.39. The minimum Gasteiger partial charge on any atom is -0.456 e. The van der Waals surface area contributed by atoms with Gasteiger partial charge < -0.3 is 14.6 Å². The summed E-state index contributed by atoms with van der Waals surface area (Å²) in [7, 11) is 0. The number of halogens is 1. The molecular weight excluding hydrogens is 432 g/mol. The molecule has 0 saturated carbocycles. The maximum Gasteiger partial charge on any atom is 0.229 e. The molecule has 1 fully saturated rings. The summed E-state index contributed by atoms with van der Waals surface area (Å²) in [5.74, 6) is -0.592. The molecule has 4 aromatic rings. The molecule has 0 unspecified atom stereocenters. The lowest BCUT2D eigenvalue weighted by molar-refractivity contribution is -0.122. The van der Waals surface area contributed by atoms with Gasteiger partial charge in [0.05, 0.1) is 5.92 Å². The van der Waals surface area contributed by atoms with Crippen LogP contribution in [0.1, 0.15) is 6.42 Å². The number of carbonyl (C=O) groups excluding carboxylic acids is 2. The van der Waals surface area contributed by atoms with Crippen molar-refractivity contribution in [2.75, 3.05) is 16.8 Å². The van der Waals surface area contributed by atoms with Gasteiger partial charge >= 0.3 is 0 Å². The van der Waals surface area contributed by atoms with E-state index >= 15 is 0 Å². The molecule has 1 N–H and O–H groups in total. The number of anilines is 2. The monoisotopic (exact) mass is 448 g/mol. The Morgan fingerprint density at radius 3 is 2.59 bits per heavy atom. The van der Waals surface area contributed by atoms with Crippen LogP contribution in [0.5, 0.6) is 0 Å². The van der Waals surface area contributed by atoms with Gasteiger partial charge in [-0.2, -0.15) is 0 Å². The number of hydrogen-bond donors (Lipinski definition) is 1. The average molecular weight is 449 g/mol. The first-order valence-electron chi connectivity index (χ1n) is 9.36. The Bertz CT molecular complexity index is 1250. The molecule has 5 rings (SSSR count). The Morgan fingerprint density at radius 1 is 1.00 bits per heavy atom. The third-order valence-electron chi connectivity index (χ3n) is 5.28. The van der Waals surface area contributed by atoms with Gasteiger partial charge in [-0.15, -0.1) is 0 Å². The van der Waals surface area contributed by atoms with Crippen LogP contribution in [0.15, 0.2) is 75.6 Å². The zero-order valence-electron chi connectivity index (χ0n) is 15.4. The Balaban J connectivity index is 1.34. The van der Waals surface area contributed by atoms with E-state index in [4.69, 9.17) is 4.42 Å². The second-order valence-electron chi connectivity index (χ2n) is 7.18. The van der Waals surface area contributed by atoms with E-state index in [1.54, 1.807) is 4.90 Å². The maximum absolute atomic E-state index is 12.8. The minimum atomic E-state index is -0.391. The molecule has 2 heterocycles. The number of nitrogens with zero attached hydrogens (tertiary/aromatic N) is 1. The zero-order valence-corrected chi connectivity index (χ0v) is 17.0. The van der Waals surface area contributed by atoms with Crippen LogP contribution in [-0.2, 0) is 9.59 Å². The van der Waals surface area contributed by atoms with Crippen LogP contribution in [0.3, 0.4) is 0 Å². The van der Waals surface area contributed by atoms with Crippen LogP contribution < -0.4 is 10.2 Å². The molecule has 1 aliphatic rings. The van der Waals surface area contributed by atoms with Crippen LogP contribution in [0.2, 0.25) is 0 Å². The van der Waals surface area contributed by atoms with Crippen LogP contribution >= 0.6 is 15.9 Å². The summed E-state index contributed by atoms with van der Waals surface area (Å²) in [5, 5.41) is 5.00. The lowest BCUT2D eigenvalue weighted by atomic mass is 10.1. The van der Waals surface area contributed by atoms with Crippen molar-refractivity contribution in [2.45, 2.75) is 6.42 Å². The highest BCUT2D eigenvalue weighted by atomic mass is 79.9. The third kappa shape index (κ3) is 3.29. The van der Waals surface area contributed by atoms with Crippen LogP contribution in [0, 0.1) is 5.92 Å². The van der Waals surface area contributed by atoms with Crippen LogP contribution in [0.25, 0.3) is 21.9 Å². The molecular formula is C23H17BrN2O3. The molecule has 3 aromatic carbocycles. The van der Waals surface area contributed by atoms with Crippen molar-refractivity contribution in [3.63, 3.8) is 0 Å². The quantitative estimate of drug-likeness (QED) is 0.459. The van der Waals surface area contributed by atoms with E-state index in [-0.39, 0.29) is 18.2 Å². The van der Waals surface area contributed by atoms with E-state index in [1.165, 1.54) is 0 Å². The molecule has 1 aromatic heterocycles. The molecule has 0 spiro atoms. The summed E-state index contributed by atoms with van der Waals surface area (Å²) < 4.78 is 6.83. The number of amides is 2. The summed E-state index contributed by atoms with van der Waals surface area (Å²) in [4.78, 5) is 26.9. The molecule has 144 valence electrons. The highest BCUT2D eigenvalue weighted by Gasteiger charge is 2.35. The molecule has 2 amide bonds. The predicted molar refractivity (Wildman–Crippen MR) is 117 cm³/mol. The van der Waals surface area contributed by atoms with Gasteiger partial charge in [0, 0.05) is 45.7 Å². The summed E-state index contributed by atoms with van der Waals surface area (Å²) in [6.07, 6.45) is 0.203. The SMILES string of the molecule is O=C(Nc1ccc2c(c1)oc1ccccc12)[C@@H]1CC(=O)N(c2ccc(Br)cc2)C1. The van der Waals surface area contributed by atoms with Gasteiger partial charge in [0.15, 0.2) is 0 Å². The molecule has 6 heteroatoms. The fourth-order valence-corrected chi connectivity index (χ4v) is 4.07. The van der Waals surface area contributed by atoms with E-state index < -0.39 is 5.92 Å². The number of benzene rings is 3. The van der Waals surface area contributed by atoms with Crippen molar-refractivity contribution < 1.29 is 14.0 Å². The number of hydrogen-bond acceptors (Lipinski definition) is 3. The van der Waals surface area contributed by atoms with Crippen molar-refractivity contribution in [1.29, 1.82) is 0 Å². The Hall–Kier alpha value is -3.12. The lowest BCUT2D eigenvalue weighted by Gasteiger charge is -2.16. The van der Waals surface area contributed by atoms with E-state index in [0.29, 0.717) is 12.2 Å². The van der Waals surface area contributed by atoms with E-state index in [1.807, 2.05) is 66.7 Å². The largest absolute Gasteiger partial charge is 0.456 e. The van der Waals surface area contributed by atoms with Gasteiger partial charge in [-0.25, -0.2) is 0 Å². The average Bonchev–Trinajstić information content (AvgIpc) is 3.29. The fourth-order valence-electron chi connectivity index (χ4n) is 3.80. The van der Waals surface area contributed by atoms with E-state index in [0.717, 1.165) is 32.1 Å². The van der Waals surface area contributed by atoms with Crippen molar-refractivity contribution >= 4 is 61.1 Å². The molecule has 0 bridgehead atoms. The van der Waals surface area contributed by atoms with Gasteiger partial charge in [-0.3, -0.25) is 9.59 Å². The van der Waals surface area contributed by atoms with Gasteiger partial charge in [0.25, 0.3) is 0 Å². The van der Waals surface area contributed by atoms with E-state index in [9.17, 15) is 9.59 Å². The molecule has 1 saturated heterocycles. The molecule has 29 heavy (non-hydrogen) atoms. The second-order valence-corrected chi connectivity index (χ2v) is 8.10. The van der Waals surface area contributed by atoms with Crippen molar-refractivity contribution in [1.82, 2.24) is 0 Å². The van der Waals surface area contributed by atoms with Gasteiger partial charge in [-0.05, 0) is 42.5 Å². The molecule has 0 aliphatic carbocycles. The number of fused-ring (bicyclic) bond motifs is 3. The maximum atomic E-state index is 12.8. The van der Waals surface area contributed by atoms with Gasteiger partial charge in [-0.1, -0.05) is 34.1 Å². The first kappa shape index (κ1) is 17.9. The first-order valence-corrected chi connectivity index (χ1v) is 10.2. The topological polar surface area (TPSA) is 62.6 Å². The Morgan fingerprint density at radius 2 is 1.76 bits per heavy atom. The molecule has 5 nitrogen and oxygen atoms in total. The zero-order chi connectivity index (χ0) is 20.0. The predicted octanol–water partition coefficient (Wildman–Crippen LogP) is 5.34. The number of carbonyl (C=O) groups is 2. The van der Waals surface area contributed by atoms with Crippen LogP contribution in [0.4, 0.5) is 11.4 Å². The standard InChI is InChI=1S/C23H17BrN2O3/c24-15-5-8-17(9-6-15)26-13-14(11-22(26)27)23(28)25-16-7-10-19-18-3-1-2-4-20(18)29-21(19)12-16/h1-10,12,14H,11,13H2,(H,25,28)/t14-/m1/s1. The first-order chi connectivity index (χ1) is 14.1. The summed E-state index contributed by atoms with van der Waals surface area (Å²) in [5.41, 5.74) is 3.01. The number of rotatable bonds is 3. The van der Waals surface area contributed by atoms with E-state index in [2.05, 4.69) is 21.2 Å². The van der Waals surface area contributed by atoms with Gasteiger partial charge in [0.2, 0.25) is 11.8 Å². The Kier molecular flexibility index (Phi) is 4.36. The number of nitrogens with one attached hydrogen (secondary N) is 1. The van der Waals surface area contributed by atoms with Crippen molar-refractivity contribution in [3.8, 4) is 0 Å². The smallest absolute Gasteiger partial charge is 0.229 e. The summed E-state index contributed by atoms with van der Waals surface area (Å²) in [6.45, 7) is 0.374. The van der Waals surface area contributed by atoms with Crippen molar-refractivity contribution in [2.24, 2.45) is 5.92 Å². The van der Waals surface area contributed by atoms with Crippen molar-refractivity contribution in [3.05, 3.63) is 71.2 Å². The number of furan rings is 1. The molecule has 1 aliphatic heterocycles. The molecule has 0 radical (unpaired) electrons.